The van der Waals surface area contributed by atoms with Crippen molar-refractivity contribution in [1.29, 1.82) is 5.26 Å². The van der Waals surface area contributed by atoms with Crippen molar-refractivity contribution in [3.8, 4) is 11.8 Å². The molecular weight excluding hydrogens is 466 g/mol. The van der Waals surface area contributed by atoms with E-state index in [2.05, 4.69) is 16.4 Å². The first kappa shape index (κ1) is 24.2. The molecule has 0 aliphatic rings. The van der Waals surface area contributed by atoms with E-state index in [-0.39, 0.29) is 23.5 Å². The van der Waals surface area contributed by atoms with Crippen LogP contribution in [0.5, 0.6) is 0 Å². The van der Waals surface area contributed by atoms with Gasteiger partial charge in [-0.2, -0.15) is 5.26 Å². The van der Waals surface area contributed by atoms with Crippen molar-refractivity contribution in [3.63, 3.8) is 0 Å². The molecule has 4 aromatic rings. The zero-order valence-electron chi connectivity index (χ0n) is 20.1. The van der Waals surface area contributed by atoms with Gasteiger partial charge in [0.15, 0.2) is 17.8 Å². The van der Waals surface area contributed by atoms with Gasteiger partial charge in [0.2, 0.25) is 0 Å². The molecule has 1 N–H and O–H groups in total. The summed E-state index contributed by atoms with van der Waals surface area (Å²) in [6.07, 6.45) is 1.25. The minimum absolute atomic E-state index is 0.0614. The van der Waals surface area contributed by atoms with Gasteiger partial charge in [-0.25, -0.2) is 9.78 Å². The molecule has 0 atom stereocenters. The van der Waals surface area contributed by atoms with Crippen LogP contribution in [0.25, 0.3) is 16.9 Å². The summed E-state index contributed by atoms with van der Waals surface area (Å²) in [4.78, 5) is 53.7. The second-order valence-electron chi connectivity index (χ2n) is 8.18. The topological polar surface area (TPSA) is 146 Å². The quantitative estimate of drug-likeness (QED) is 0.396. The number of anilines is 1. The first-order chi connectivity index (χ1) is 17.1. The van der Waals surface area contributed by atoms with Gasteiger partial charge in [-0.05, 0) is 31.5 Å². The molecule has 4 rings (SSSR count). The number of ether oxygens (including phenoxy) is 1. The maximum Gasteiger partial charge on any atom is 0.332 e. The molecule has 0 bridgehead atoms. The van der Waals surface area contributed by atoms with Gasteiger partial charge in [0, 0.05) is 25.5 Å². The first-order valence-corrected chi connectivity index (χ1v) is 10.9. The summed E-state index contributed by atoms with van der Waals surface area (Å²) in [6.45, 7) is 2.64. The van der Waals surface area contributed by atoms with E-state index >= 15 is 0 Å². The molecule has 12 heteroatoms. The Balaban J connectivity index is 1.51. The molecule has 0 radical (unpaired) electrons. The monoisotopic (exact) mass is 489 g/mol. The Kier molecular flexibility index (Phi) is 6.31. The molecule has 0 saturated heterocycles. The van der Waals surface area contributed by atoms with Gasteiger partial charge in [-0.3, -0.25) is 28.1 Å². The zero-order valence-corrected chi connectivity index (χ0v) is 20.1. The van der Waals surface area contributed by atoms with Crippen LogP contribution in [0.2, 0.25) is 0 Å². The minimum Gasteiger partial charge on any atom is -0.454 e. The van der Waals surface area contributed by atoms with Crippen LogP contribution in [-0.4, -0.2) is 41.7 Å². The summed E-state index contributed by atoms with van der Waals surface area (Å²) >= 11 is 0. The number of hydrogen-bond acceptors (Lipinski definition) is 7. The number of nitriles is 1. The van der Waals surface area contributed by atoms with E-state index in [0.29, 0.717) is 5.56 Å². The second kappa shape index (κ2) is 9.38. The largest absolute Gasteiger partial charge is 0.454 e. The number of nitrogens with one attached hydrogen (secondary N) is 1. The number of imidazole rings is 1. The van der Waals surface area contributed by atoms with Gasteiger partial charge in [-0.1, -0.05) is 18.2 Å². The number of aromatic nitrogens is 5. The highest BCUT2D eigenvalue weighted by Gasteiger charge is 2.22. The Morgan fingerprint density at radius 1 is 1.11 bits per heavy atom. The third-order valence-electron chi connectivity index (χ3n) is 5.98. The number of rotatable bonds is 6. The van der Waals surface area contributed by atoms with Crippen molar-refractivity contribution in [2.45, 2.75) is 20.4 Å². The zero-order chi connectivity index (χ0) is 26.1. The molecule has 3 heterocycles. The molecule has 0 aliphatic heterocycles. The highest BCUT2D eigenvalue weighted by atomic mass is 16.5. The predicted molar refractivity (Wildman–Crippen MR) is 130 cm³/mol. The highest BCUT2D eigenvalue weighted by Crippen LogP contribution is 2.29. The smallest absolute Gasteiger partial charge is 0.332 e. The molecule has 0 aliphatic carbocycles. The highest BCUT2D eigenvalue weighted by molar-refractivity contribution is 5.94. The van der Waals surface area contributed by atoms with Gasteiger partial charge in [0.1, 0.15) is 18.4 Å². The van der Waals surface area contributed by atoms with Crippen LogP contribution in [0.15, 0.2) is 46.2 Å². The van der Waals surface area contributed by atoms with Crippen LogP contribution in [0, 0.1) is 25.2 Å². The Morgan fingerprint density at radius 3 is 2.47 bits per heavy atom. The van der Waals surface area contributed by atoms with E-state index in [1.165, 1.54) is 29.6 Å². The van der Waals surface area contributed by atoms with Crippen molar-refractivity contribution in [1.82, 2.24) is 23.3 Å². The van der Waals surface area contributed by atoms with Gasteiger partial charge in [-0.15, -0.1) is 0 Å². The lowest BCUT2D eigenvalue weighted by atomic mass is 10.2. The Hall–Kier alpha value is -4.92. The van der Waals surface area contributed by atoms with Crippen LogP contribution < -0.4 is 16.6 Å². The second-order valence-corrected chi connectivity index (χ2v) is 8.18. The number of carbonyl (C=O) groups is 2. The standard InChI is InChI=1S/C24H23N7O5/c1-14-15(2)31(16-8-6-5-7-9-16)21(17(14)10-25)27-18(32)12-36-19(33)11-30-13-26-22-20(30)23(34)29(4)24(35)28(22)3/h5-9,13H,11-12H2,1-4H3,(H,27,32). The Labute approximate surface area is 204 Å². The van der Waals surface area contributed by atoms with Gasteiger partial charge < -0.3 is 14.6 Å². The van der Waals surface area contributed by atoms with Gasteiger partial charge in [0.25, 0.3) is 11.5 Å². The molecule has 0 saturated carbocycles. The molecule has 1 aromatic carbocycles. The fraction of sp³-hybridized carbons (Fsp3) is 0.250. The summed E-state index contributed by atoms with van der Waals surface area (Å²) in [7, 11) is 2.79. The number of benzene rings is 1. The molecular formula is C24H23N7O5. The SMILES string of the molecule is Cc1c(C#N)c(NC(=O)COC(=O)Cn2cnc3c2c(=O)n(C)c(=O)n3C)n(-c2ccccc2)c1C. The third kappa shape index (κ3) is 4.07. The lowest BCUT2D eigenvalue weighted by molar-refractivity contribution is -0.147. The Bertz CT molecular complexity index is 1670. The average Bonchev–Trinajstić information content (AvgIpc) is 3.39. The van der Waals surface area contributed by atoms with E-state index in [9.17, 15) is 24.4 Å². The van der Waals surface area contributed by atoms with E-state index in [4.69, 9.17) is 4.74 Å². The number of esters is 1. The number of fused-ring (bicyclic) bond motifs is 1. The van der Waals surface area contributed by atoms with Crippen LogP contribution in [-0.2, 0) is 35.0 Å². The number of nitrogens with zero attached hydrogens (tertiary/aromatic N) is 6. The van der Waals surface area contributed by atoms with Crippen molar-refractivity contribution >= 4 is 28.9 Å². The lowest BCUT2D eigenvalue weighted by Crippen LogP contribution is -2.37. The van der Waals surface area contributed by atoms with Crippen molar-refractivity contribution in [2.24, 2.45) is 14.1 Å². The van der Waals surface area contributed by atoms with Crippen LogP contribution in [0.4, 0.5) is 5.82 Å². The molecule has 0 fully saturated rings. The molecule has 3 aromatic heterocycles. The summed E-state index contributed by atoms with van der Waals surface area (Å²) in [5.74, 6) is -1.14. The molecule has 1 amide bonds. The first-order valence-electron chi connectivity index (χ1n) is 10.9. The number of hydrogen-bond donors (Lipinski definition) is 1. The summed E-state index contributed by atoms with van der Waals surface area (Å²) in [5.41, 5.74) is 1.62. The van der Waals surface area contributed by atoms with Crippen LogP contribution in [0.3, 0.4) is 0 Å². The van der Waals surface area contributed by atoms with E-state index in [0.717, 1.165) is 21.5 Å². The molecule has 0 unspecified atom stereocenters. The summed E-state index contributed by atoms with van der Waals surface area (Å²) in [5, 5.41) is 12.3. The van der Waals surface area contributed by atoms with Crippen molar-refractivity contribution < 1.29 is 14.3 Å². The molecule has 36 heavy (non-hydrogen) atoms. The fourth-order valence-corrected chi connectivity index (χ4v) is 3.98. The number of aryl methyl sites for hydroxylation is 1. The van der Waals surface area contributed by atoms with Gasteiger partial charge in [0.05, 0.1) is 11.9 Å². The Morgan fingerprint density at radius 2 is 1.81 bits per heavy atom. The van der Waals surface area contributed by atoms with Gasteiger partial charge >= 0.3 is 11.7 Å². The number of amides is 1. The van der Waals surface area contributed by atoms with E-state index in [1.54, 1.807) is 11.5 Å². The van der Waals surface area contributed by atoms with Crippen LogP contribution >= 0.6 is 0 Å². The maximum atomic E-state index is 12.7. The van der Waals surface area contributed by atoms with Crippen LogP contribution in [0.1, 0.15) is 16.8 Å². The molecule has 12 nitrogen and oxygen atoms in total. The van der Waals surface area contributed by atoms with E-state index in [1.807, 2.05) is 37.3 Å². The number of para-hydroxylation sites is 1. The third-order valence-corrected chi connectivity index (χ3v) is 5.98. The lowest BCUT2D eigenvalue weighted by Gasteiger charge is -2.13. The normalized spacial score (nSPS) is 10.9. The van der Waals surface area contributed by atoms with Crippen molar-refractivity contribution in [2.75, 3.05) is 11.9 Å². The van der Waals surface area contributed by atoms with E-state index < -0.39 is 29.7 Å². The van der Waals surface area contributed by atoms with Crippen molar-refractivity contribution in [3.05, 3.63) is 74.3 Å². The number of carbonyl (C=O) groups excluding carboxylic acids is 2. The predicted octanol–water partition coefficient (Wildman–Crippen LogP) is 0.895. The maximum absolute atomic E-state index is 12.7. The molecule has 184 valence electrons. The fourth-order valence-electron chi connectivity index (χ4n) is 3.98. The summed E-state index contributed by atoms with van der Waals surface area (Å²) < 4.78 is 10.2. The minimum atomic E-state index is -0.785. The summed E-state index contributed by atoms with van der Waals surface area (Å²) in [6, 6.07) is 11.4. The molecule has 0 spiro atoms. The average molecular weight is 489 g/mol.